The minimum atomic E-state index is -0.649. The third-order valence-corrected chi connectivity index (χ3v) is 1.84. The van der Waals surface area contributed by atoms with Crippen molar-refractivity contribution in [2.75, 3.05) is 0 Å². The van der Waals surface area contributed by atoms with Gasteiger partial charge in [0.1, 0.15) is 0 Å². The highest BCUT2D eigenvalue weighted by molar-refractivity contribution is 6.38. The summed E-state index contributed by atoms with van der Waals surface area (Å²) in [5, 5.41) is 2.49. The second-order valence-corrected chi connectivity index (χ2v) is 3.15. The van der Waals surface area contributed by atoms with E-state index < -0.39 is 17.7 Å². The van der Waals surface area contributed by atoms with E-state index >= 15 is 0 Å². The Hall–Kier alpha value is -1.16. The molecule has 4 heteroatoms. The van der Waals surface area contributed by atoms with Gasteiger partial charge in [-0.3, -0.25) is 9.59 Å². The molecule has 0 radical (unpaired) electrons. The summed E-state index contributed by atoms with van der Waals surface area (Å²) in [6.45, 7) is 1.93. The summed E-state index contributed by atoms with van der Waals surface area (Å²) in [6.07, 6.45) is 3.99. The molecule has 1 amide bonds. The summed E-state index contributed by atoms with van der Waals surface area (Å²) in [7, 11) is 0. The van der Waals surface area contributed by atoms with E-state index in [9.17, 15) is 9.59 Å². The Labute approximate surface area is 77.2 Å². The predicted molar refractivity (Wildman–Crippen MR) is 48.7 cm³/mol. The number of Topliss-reactive ketones (excluding diaryl/α,β-unsaturated/α-hetero) is 1. The second-order valence-electron chi connectivity index (χ2n) is 3.15. The molecule has 72 valence electrons. The first-order chi connectivity index (χ1) is 6.15. The van der Waals surface area contributed by atoms with E-state index in [0.29, 0.717) is 6.42 Å². The van der Waals surface area contributed by atoms with E-state index in [1.165, 1.54) is 0 Å². The van der Waals surface area contributed by atoms with Gasteiger partial charge in [-0.2, -0.15) is 0 Å². The Morgan fingerprint density at radius 3 is 2.77 bits per heavy atom. The molecule has 0 saturated heterocycles. The van der Waals surface area contributed by atoms with Crippen LogP contribution in [0.2, 0.25) is 0 Å². The maximum atomic E-state index is 11.2. The van der Waals surface area contributed by atoms with Gasteiger partial charge in [-0.05, 0) is 6.42 Å². The maximum Gasteiger partial charge on any atom is 0.293 e. The normalized spacial score (nSPS) is 16.0. The predicted octanol–water partition coefficient (Wildman–Crippen LogP) is 0.0867. The summed E-state index contributed by atoms with van der Waals surface area (Å²) in [5.74, 6) is -1.10. The average Bonchev–Trinajstić information content (AvgIpc) is 2.87. The van der Waals surface area contributed by atoms with Crippen LogP contribution in [0.25, 0.3) is 0 Å². The first kappa shape index (κ1) is 9.92. The van der Waals surface area contributed by atoms with E-state index in [2.05, 4.69) is 5.32 Å². The molecule has 0 heterocycles. The molecule has 0 bridgehead atoms. The van der Waals surface area contributed by atoms with Gasteiger partial charge in [-0.1, -0.05) is 19.4 Å². The second kappa shape index (κ2) is 4.18. The molecule has 4 nitrogen and oxygen atoms in total. The summed E-state index contributed by atoms with van der Waals surface area (Å²) in [4.78, 5) is 22.4. The van der Waals surface area contributed by atoms with Gasteiger partial charge in [-0.15, -0.1) is 0 Å². The summed E-state index contributed by atoms with van der Waals surface area (Å²) < 4.78 is 0. The Morgan fingerprint density at radius 1 is 1.69 bits per heavy atom. The number of nitrogens with two attached hydrogens (primary N) is 1. The van der Waals surface area contributed by atoms with Crippen LogP contribution in [0.3, 0.4) is 0 Å². The van der Waals surface area contributed by atoms with Gasteiger partial charge in [0.15, 0.2) is 0 Å². The smallest absolute Gasteiger partial charge is 0.293 e. The minimum Gasteiger partial charge on any atom is -0.323 e. The molecule has 0 saturated carbocycles. The highest BCUT2D eigenvalue weighted by Gasteiger charge is 2.23. The fourth-order valence-corrected chi connectivity index (χ4v) is 0.971. The van der Waals surface area contributed by atoms with Crippen molar-refractivity contribution in [2.45, 2.75) is 32.2 Å². The van der Waals surface area contributed by atoms with Crippen molar-refractivity contribution in [1.29, 1.82) is 0 Å². The van der Waals surface area contributed by atoms with Gasteiger partial charge in [0, 0.05) is 12.1 Å². The molecule has 1 unspecified atom stereocenters. The van der Waals surface area contributed by atoms with Crippen LogP contribution in [0.1, 0.15) is 26.2 Å². The molecule has 1 aliphatic carbocycles. The van der Waals surface area contributed by atoms with Crippen molar-refractivity contribution >= 4 is 11.7 Å². The number of rotatable bonds is 5. The Morgan fingerprint density at radius 2 is 2.31 bits per heavy atom. The Kier molecular flexibility index (Phi) is 3.19. The third-order valence-electron chi connectivity index (χ3n) is 1.84. The van der Waals surface area contributed by atoms with Crippen molar-refractivity contribution in [3.8, 4) is 0 Å². The Bertz CT molecular complexity index is 258. The van der Waals surface area contributed by atoms with Gasteiger partial charge < -0.3 is 11.1 Å². The van der Waals surface area contributed by atoms with Crippen molar-refractivity contribution in [3.63, 3.8) is 0 Å². The van der Waals surface area contributed by atoms with Crippen LogP contribution < -0.4 is 11.1 Å². The number of amides is 1. The van der Waals surface area contributed by atoms with Gasteiger partial charge in [0.05, 0.1) is 6.04 Å². The number of carbonyl (C=O) groups excluding carboxylic acids is 2. The molecular weight excluding hydrogens is 168 g/mol. The SMILES string of the molecule is CCCC(N)C(=O)C(=O)NC1=CC1. The van der Waals surface area contributed by atoms with Crippen LogP contribution in [-0.2, 0) is 9.59 Å². The first-order valence-corrected chi connectivity index (χ1v) is 4.45. The van der Waals surface area contributed by atoms with Crippen LogP contribution in [0.15, 0.2) is 11.8 Å². The van der Waals surface area contributed by atoms with E-state index in [1.807, 2.05) is 13.0 Å². The lowest BCUT2D eigenvalue weighted by molar-refractivity contribution is -0.138. The average molecular weight is 182 g/mol. The van der Waals surface area contributed by atoms with E-state index in [0.717, 1.165) is 18.5 Å². The van der Waals surface area contributed by atoms with E-state index in [-0.39, 0.29) is 0 Å². The number of carbonyl (C=O) groups is 2. The molecule has 13 heavy (non-hydrogen) atoms. The van der Waals surface area contributed by atoms with Crippen LogP contribution in [0.5, 0.6) is 0 Å². The molecule has 1 rings (SSSR count). The zero-order chi connectivity index (χ0) is 9.84. The molecule has 1 atom stereocenters. The standard InChI is InChI=1S/C9H14N2O2/c1-2-3-7(10)8(12)9(13)11-6-4-5-6/h4,7H,2-3,5,10H2,1H3,(H,11,13). The van der Waals surface area contributed by atoms with Crippen LogP contribution in [-0.4, -0.2) is 17.7 Å². The van der Waals surface area contributed by atoms with Crippen LogP contribution >= 0.6 is 0 Å². The molecule has 0 aromatic carbocycles. The molecule has 1 aliphatic rings. The molecule has 0 aromatic heterocycles. The molecule has 0 spiro atoms. The first-order valence-electron chi connectivity index (χ1n) is 4.45. The monoisotopic (exact) mass is 182 g/mol. The van der Waals surface area contributed by atoms with Crippen molar-refractivity contribution < 1.29 is 9.59 Å². The number of nitrogens with one attached hydrogen (secondary N) is 1. The van der Waals surface area contributed by atoms with Gasteiger partial charge in [0.2, 0.25) is 5.78 Å². The largest absolute Gasteiger partial charge is 0.323 e. The van der Waals surface area contributed by atoms with Gasteiger partial charge in [0.25, 0.3) is 5.91 Å². The summed E-state index contributed by atoms with van der Waals surface area (Å²) in [5.41, 5.74) is 6.32. The molecule has 0 fully saturated rings. The molecular formula is C9H14N2O2. The van der Waals surface area contributed by atoms with E-state index in [1.54, 1.807) is 0 Å². The van der Waals surface area contributed by atoms with Crippen LogP contribution in [0.4, 0.5) is 0 Å². The topological polar surface area (TPSA) is 72.2 Å². The van der Waals surface area contributed by atoms with E-state index in [4.69, 9.17) is 5.73 Å². The summed E-state index contributed by atoms with van der Waals surface area (Å²) in [6, 6.07) is -0.649. The molecule has 3 N–H and O–H groups in total. The van der Waals surface area contributed by atoms with Crippen molar-refractivity contribution in [3.05, 3.63) is 11.8 Å². The molecule has 0 aromatic rings. The summed E-state index contributed by atoms with van der Waals surface area (Å²) >= 11 is 0. The zero-order valence-corrected chi connectivity index (χ0v) is 7.67. The highest BCUT2D eigenvalue weighted by Crippen LogP contribution is 2.13. The van der Waals surface area contributed by atoms with Crippen molar-refractivity contribution in [2.24, 2.45) is 5.73 Å². The fourth-order valence-electron chi connectivity index (χ4n) is 0.971. The molecule has 0 aliphatic heterocycles. The maximum absolute atomic E-state index is 11.2. The number of hydrogen-bond acceptors (Lipinski definition) is 3. The van der Waals surface area contributed by atoms with Crippen LogP contribution in [0, 0.1) is 0 Å². The quantitative estimate of drug-likeness (QED) is 0.592. The number of ketones is 1. The Balaban J connectivity index is 2.35. The minimum absolute atomic E-state index is 0.519. The lowest BCUT2D eigenvalue weighted by Gasteiger charge is -2.07. The fraction of sp³-hybridized carbons (Fsp3) is 0.556. The van der Waals surface area contributed by atoms with Gasteiger partial charge >= 0.3 is 0 Å². The zero-order valence-electron chi connectivity index (χ0n) is 7.67. The third kappa shape index (κ3) is 2.99. The highest BCUT2D eigenvalue weighted by atomic mass is 16.2. The van der Waals surface area contributed by atoms with Crippen molar-refractivity contribution in [1.82, 2.24) is 5.32 Å². The number of allylic oxidation sites excluding steroid dienone is 2. The lowest BCUT2D eigenvalue weighted by Crippen LogP contribution is -2.41. The lowest BCUT2D eigenvalue weighted by atomic mass is 10.1. The van der Waals surface area contributed by atoms with Gasteiger partial charge in [-0.25, -0.2) is 0 Å². The number of hydrogen-bond donors (Lipinski definition) is 2.